The van der Waals surface area contributed by atoms with Crippen molar-refractivity contribution in [1.82, 2.24) is 0 Å². The highest BCUT2D eigenvalue weighted by Gasteiger charge is 2.26. The van der Waals surface area contributed by atoms with Gasteiger partial charge in [-0.15, -0.1) is 0 Å². The van der Waals surface area contributed by atoms with E-state index in [0.29, 0.717) is 5.57 Å². The number of carbonyl (C=O) groups is 1. The lowest BCUT2D eigenvalue weighted by Gasteiger charge is -2.06. The lowest BCUT2D eigenvalue weighted by molar-refractivity contribution is -0.139. The summed E-state index contributed by atoms with van der Waals surface area (Å²) >= 11 is 0. The second-order valence-electron chi connectivity index (χ2n) is 4.00. The van der Waals surface area contributed by atoms with Crippen LogP contribution in [0, 0.1) is 0 Å². The lowest BCUT2D eigenvalue weighted by Crippen LogP contribution is -2.05. The largest absolute Gasteiger partial charge is 0.459 e. The van der Waals surface area contributed by atoms with Crippen molar-refractivity contribution in [3.05, 3.63) is 24.3 Å². The Morgan fingerprint density at radius 3 is 2.87 bits per heavy atom. The van der Waals surface area contributed by atoms with E-state index in [4.69, 9.17) is 4.74 Å². The number of esters is 1. The summed E-state index contributed by atoms with van der Waals surface area (Å²) in [4.78, 5) is 11.0. The SMILES string of the molecule is C=C1CC(CCCC/C=C\CC)OC1=O. The van der Waals surface area contributed by atoms with E-state index in [1.54, 1.807) is 0 Å². The van der Waals surface area contributed by atoms with Crippen LogP contribution in [0.5, 0.6) is 0 Å². The summed E-state index contributed by atoms with van der Waals surface area (Å²) in [5, 5.41) is 0. The van der Waals surface area contributed by atoms with Crippen molar-refractivity contribution < 1.29 is 9.53 Å². The number of cyclic esters (lactones) is 1. The summed E-state index contributed by atoms with van der Waals surface area (Å²) in [6.45, 7) is 5.81. The van der Waals surface area contributed by atoms with Crippen molar-refractivity contribution in [3.63, 3.8) is 0 Å². The third-order valence-corrected chi connectivity index (χ3v) is 2.59. The van der Waals surface area contributed by atoms with Crippen LogP contribution in [0.2, 0.25) is 0 Å². The Bertz CT molecular complexity index is 237. The summed E-state index contributed by atoms with van der Waals surface area (Å²) in [6.07, 6.45) is 10.8. The monoisotopic (exact) mass is 208 g/mol. The molecule has 0 spiro atoms. The molecule has 1 unspecified atom stereocenters. The predicted octanol–water partition coefficient (Wildman–Crippen LogP) is 3.38. The molecular weight excluding hydrogens is 188 g/mol. The third kappa shape index (κ3) is 4.32. The standard InChI is InChI=1S/C13H20O2/c1-3-4-5-6-7-8-9-12-10-11(2)13(14)15-12/h4-5,12H,2-3,6-10H2,1H3/b5-4-. The van der Waals surface area contributed by atoms with Gasteiger partial charge in [-0.3, -0.25) is 0 Å². The van der Waals surface area contributed by atoms with E-state index in [-0.39, 0.29) is 12.1 Å². The van der Waals surface area contributed by atoms with E-state index in [0.717, 1.165) is 32.1 Å². The Morgan fingerprint density at radius 2 is 2.27 bits per heavy atom. The molecule has 2 nitrogen and oxygen atoms in total. The van der Waals surface area contributed by atoms with Gasteiger partial charge in [0.15, 0.2) is 0 Å². The van der Waals surface area contributed by atoms with Crippen molar-refractivity contribution >= 4 is 5.97 Å². The van der Waals surface area contributed by atoms with Crippen molar-refractivity contribution in [2.75, 3.05) is 0 Å². The first-order valence-corrected chi connectivity index (χ1v) is 5.77. The highest BCUT2D eigenvalue weighted by molar-refractivity contribution is 5.89. The van der Waals surface area contributed by atoms with Crippen LogP contribution < -0.4 is 0 Å². The van der Waals surface area contributed by atoms with Gasteiger partial charge in [0.2, 0.25) is 0 Å². The van der Waals surface area contributed by atoms with Gasteiger partial charge in [-0.2, -0.15) is 0 Å². The Morgan fingerprint density at radius 1 is 1.47 bits per heavy atom. The molecule has 0 aromatic carbocycles. The maximum Gasteiger partial charge on any atom is 0.333 e. The minimum atomic E-state index is -0.203. The van der Waals surface area contributed by atoms with E-state index in [1.807, 2.05) is 0 Å². The fraction of sp³-hybridized carbons (Fsp3) is 0.615. The molecule has 1 aliphatic rings. The molecular formula is C13H20O2. The molecule has 1 rings (SSSR count). The Labute approximate surface area is 92.0 Å². The van der Waals surface area contributed by atoms with Gasteiger partial charge in [-0.1, -0.05) is 25.7 Å². The van der Waals surface area contributed by atoms with Gasteiger partial charge in [-0.25, -0.2) is 4.79 Å². The van der Waals surface area contributed by atoms with Crippen LogP contribution in [-0.4, -0.2) is 12.1 Å². The molecule has 1 heterocycles. The number of ether oxygens (including phenoxy) is 1. The number of hydrogen-bond donors (Lipinski definition) is 0. The summed E-state index contributed by atoms with van der Waals surface area (Å²) in [5.41, 5.74) is 0.630. The maximum atomic E-state index is 11.0. The molecule has 0 aliphatic carbocycles. The molecule has 0 saturated carbocycles. The second-order valence-corrected chi connectivity index (χ2v) is 4.00. The van der Waals surface area contributed by atoms with Gasteiger partial charge < -0.3 is 4.74 Å². The fourth-order valence-corrected chi connectivity index (χ4v) is 1.71. The summed E-state index contributed by atoms with van der Waals surface area (Å²) in [5.74, 6) is -0.203. The lowest BCUT2D eigenvalue weighted by atomic mass is 10.1. The Hall–Kier alpha value is -1.05. The summed E-state index contributed by atoms with van der Waals surface area (Å²) in [7, 11) is 0. The first-order valence-electron chi connectivity index (χ1n) is 5.77. The average molecular weight is 208 g/mol. The molecule has 1 fully saturated rings. The summed E-state index contributed by atoms with van der Waals surface area (Å²) < 4.78 is 5.14. The topological polar surface area (TPSA) is 26.3 Å². The average Bonchev–Trinajstić information content (AvgIpc) is 2.52. The maximum absolute atomic E-state index is 11.0. The molecule has 0 bridgehead atoms. The molecule has 0 N–H and O–H groups in total. The van der Waals surface area contributed by atoms with Crippen LogP contribution in [0.15, 0.2) is 24.3 Å². The quantitative estimate of drug-likeness (QED) is 0.289. The molecule has 84 valence electrons. The van der Waals surface area contributed by atoms with Gasteiger partial charge >= 0.3 is 5.97 Å². The molecule has 0 aromatic rings. The van der Waals surface area contributed by atoms with E-state index in [1.165, 1.54) is 6.42 Å². The van der Waals surface area contributed by atoms with E-state index >= 15 is 0 Å². The van der Waals surface area contributed by atoms with E-state index in [2.05, 4.69) is 25.7 Å². The highest BCUT2D eigenvalue weighted by atomic mass is 16.5. The smallest absolute Gasteiger partial charge is 0.333 e. The first kappa shape index (κ1) is 12.0. The zero-order chi connectivity index (χ0) is 11.1. The van der Waals surface area contributed by atoms with Crippen LogP contribution in [0.4, 0.5) is 0 Å². The van der Waals surface area contributed by atoms with Gasteiger partial charge in [0.05, 0.1) is 0 Å². The predicted molar refractivity (Wildman–Crippen MR) is 61.5 cm³/mol. The van der Waals surface area contributed by atoms with Crippen LogP contribution in [0.25, 0.3) is 0 Å². The first-order chi connectivity index (χ1) is 7.24. The molecule has 0 radical (unpaired) electrons. The molecule has 0 aromatic heterocycles. The Balaban J connectivity index is 2.04. The number of rotatable bonds is 6. The van der Waals surface area contributed by atoms with Gasteiger partial charge in [0, 0.05) is 12.0 Å². The van der Waals surface area contributed by atoms with Crippen LogP contribution in [0.1, 0.15) is 45.4 Å². The number of hydrogen-bond acceptors (Lipinski definition) is 2. The Kier molecular flexibility index (Phi) is 5.16. The molecule has 1 atom stereocenters. The van der Waals surface area contributed by atoms with Gasteiger partial charge in [0.25, 0.3) is 0 Å². The second kappa shape index (κ2) is 6.44. The molecule has 0 amide bonds. The normalized spacial score (nSPS) is 21.3. The third-order valence-electron chi connectivity index (χ3n) is 2.59. The van der Waals surface area contributed by atoms with E-state index < -0.39 is 0 Å². The minimum Gasteiger partial charge on any atom is -0.459 e. The van der Waals surface area contributed by atoms with Crippen molar-refractivity contribution in [1.29, 1.82) is 0 Å². The molecule has 2 heteroatoms. The fourth-order valence-electron chi connectivity index (χ4n) is 1.71. The number of allylic oxidation sites excluding steroid dienone is 2. The van der Waals surface area contributed by atoms with Gasteiger partial charge in [-0.05, 0) is 32.1 Å². The van der Waals surface area contributed by atoms with Crippen LogP contribution in [-0.2, 0) is 9.53 Å². The molecule has 1 aliphatic heterocycles. The van der Waals surface area contributed by atoms with Crippen molar-refractivity contribution in [2.24, 2.45) is 0 Å². The molecule has 1 saturated heterocycles. The summed E-state index contributed by atoms with van der Waals surface area (Å²) in [6, 6.07) is 0. The zero-order valence-electron chi connectivity index (χ0n) is 9.50. The van der Waals surface area contributed by atoms with Crippen LogP contribution in [0.3, 0.4) is 0 Å². The van der Waals surface area contributed by atoms with Crippen molar-refractivity contribution in [2.45, 2.75) is 51.6 Å². The zero-order valence-corrected chi connectivity index (χ0v) is 9.50. The molecule has 15 heavy (non-hydrogen) atoms. The van der Waals surface area contributed by atoms with Crippen LogP contribution >= 0.6 is 0 Å². The number of unbranched alkanes of at least 4 members (excludes halogenated alkanes) is 2. The number of carbonyl (C=O) groups excluding carboxylic acids is 1. The van der Waals surface area contributed by atoms with Crippen molar-refractivity contribution in [3.8, 4) is 0 Å². The van der Waals surface area contributed by atoms with Gasteiger partial charge in [0.1, 0.15) is 6.10 Å². The minimum absolute atomic E-state index is 0.0974. The highest BCUT2D eigenvalue weighted by Crippen LogP contribution is 2.22. The van der Waals surface area contributed by atoms with E-state index in [9.17, 15) is 4.79 Å².